The van der Waals surface area contributed by atoms with Gasteiger partial charge in [0.2, 0.25) is 10.0 Å². The number of nitrogens with zero attached hydrogens (tertiary/aromatic N) is 1. The average Bonchev–Trinajstić information content (AvgIpc) is 2.96. The summed E-state index contributed by atoms with van der Waals surface area (Å²) in [5, 5.41) is 7.84. The molecular formula is C13H21N3O4S. The van der Waals surface area contributed by atoms with Crippen LogP contribution >= 0.6 is 0 Å². The number of likely N-dealkylation sites (tertiary alicyclic amines) is 1. The van der Waals surface area contributed by atoms with Gasteiger partial charge >= 0.3 is 6.03 Å². The highest BCUT2D eigenvalue weighted by Gasteiger charge is 2.28. The van der Waals surface area contributed by atoms with Crippen LogP contribution in [-0.2, 0) is 16.4 Å². The topological polar surface area (TPSA) is 106 Å². The molecule has 2 amide bonds. The van der Waals surface area contributed by atoms with Crippen LogP contribution in [0.5, 0.6) is 0 Å². The van der Waals surface area contributed by atoms with E-state index in [1.165, 1.54) is 0 Å². The first-order chi connectivity index (χ1) is 9.83. The molecule has 0 bridgehead atoms. The third kappa shape index (κ3) is 5.05. The second-order valence-electron chi connectivity index (χ2n) is 5.42. The number of hydrogen-bond acceptors (Lipinski definition) is 4. The molecule has 3 N–H and O–H groups in total. The van der Waals surface area contributed by atoms with Crippen molar-refractivity contribution in [1.29, 1.82) is 0 Å². The van der Waals surface area contributed by atoms with Gasteiger partial charge in [-0.1, -0.05) is 0 Å². The smallest absolute Gasteiger partial charge is 0.317 e. The largest absolute Gasteiger partial charge is 0.466 e. The lowest BCUT2D eigenvalue weighted by Gasteiger charge is -2.17. The summed E-state index contributed by atoms with van der Waals surface area (Å²) >= 11 is 0. The number of furan rings is 1. The molecule has 8 heteroatoms. The number of primary sulfonamides is 1. The molecule has 21 heavy (non-hydrogen) atoms. The molecule has 0 spiro atoms. The Hall–Kier alpha value is -1.54. The van der Waals surface area contributed by atoms with E-state index in [-0.39, 0.29) is 17.7 Å². The van der Waals surface area contributed by atoms with Crippen LogP contribution in [-0.4, -0.2) is 44.7 Å². The fourth-order valence-electron chi connectivity index (χ4n) is 2.51. The van der Waals surface area contributed by atoms with E-state index < -0.39 is 10.0 Å². The first kappa shape index (κ1) is 15.8. The number of carbonyl (C=O) groups excluding carboxylic acids is 1. The fraction of sp³-hybridized carbons (Fsp3) is 0.615. The average molecular weight is 315 g/mol. The molecule has 1 aromatic heterocycles. The Kier molecular flexibility index (Phi) is 4.89. The van der Waals surface area contributed by atoms with E-state index in [0.717, 1.165) is 11.5 Å². The van der Waals surface area contributed by atoms with Gasteiger partial charge in [-0.3, -0.25) is 0 Å². The predicted molar refractivity (Wildman–Crippen MR) is 78.2 cm³/mol. The fourth-order valence-corrected chi connectivity index (χ4v) is 3.43. The van der Waals surface area contributed by atoms with Crippen LogP contribution in [0.3, 0.4) is 0 Å². The lowest BCUT2D eigenvalue weighted by Crippen LogP contribution is -2.39. The number of amides is 2. The van der Waals surface area contributed by atoms with Gasteiger partial charge < -0.3 is 14.6 Å². The van der Waals surface area contributed by atoms with Crippen molar-refractivity contribution in [1.82, 2.24) is 10.2 Å². The number of hydrogen-bond donors (Lipinski definition) is 2. The molecule has 0 aromatic carbocycles. The summed E-state index contributed by atoms with van der Waals surface area (Å²) in [5.74, 6) is 1.55. The summed E-state index contributed by atoms with van der Waals surface area (Å²) in [6.07, 6.45) is 1.30. The first-order valence-electron chi connectivity index (χ1n) is 6.92. The molecule has 7 nitrogen and oxygen atoms in total. The number of sulfonamides is 1. The van der Waals surface area contributed by atoms with Crippen LogP contribution in [0.2, 0.25) is 0 Å². The Labute approximate surface area is 124 Å². The van der Waals surface area contributed by atoms with Crippen molar-refractivity contribution < 1.29 is 17.6 Å². The number of nitrogens with two attached hydrogens (primary N) is 1. The lowest BCUT2D eigenvalue weighted by atomic mass is 10.2. The van der Waals surface area contributed by atoms with Gasteiger partial charge in [0.25, 0.3) is 0 Å². The molecule has 2 rings (SSSR count). The summed E-state index contributed by atoms with van der Waals surface area (Å²) in [5.41, 5.74) is 0. The molecule has 1 aliphatic heterocycles. The highest BCUT2D eigenvalue weighted by molar-refractivity contribution is 7.89. The van der Waals surface area contributed by atoms with Gasteiger partial charge in [0.1, 0.15) is 11.5 Å². The third-order valence-corrected chi connectivity index (χ3v) is 4.42. The lowest BCUT2D eigenvalue weighted by molar-refractivity contribution is 0.207. The Balaban J connectivity index is 1.72. The highest BCUT2D eigenvalue weighted by Crippen LogP contribution is 2.17. The molecule has 1 fully saturated rings. The molecule has 118 valence electrons. The minimum atomic E-state index is -3.48. The van der Waals surface area contributed by atoms with Crippen molar-refractivity contribution in [3.63, 3.8) is 0 Å². The van der Waals surface area contributed by atoms with Crippen molar-refractivity contribution in [2.45, 2.75) is 19.8 Å². The van der Waals surface area contributed by atoms with Crippen molar-refractivity contribution in [2.24, 2.45) is 11.1 Å². The molecule has 0 radical (unpaired) electrons. The van der Waals surface area contributed by atoms with E-state index in [0.29, 0.717) is 32.5 Å². The quantitative estimate of drug-likeness (QED) is 0.823. The Morgan fingerprint density at radius 2 is 2.29 bits per heavy atom. The van der Waals surface area contributed by atoms with E-state index >= 15 is 0 Å². The molecule has 0 aliphatic carbocycles. The van der Waals surface area contributed by atoms with E-state index in [1.807, 2.05) is 19.1 Å². The maximum atomic E-state index is 12.0. The van der Waals surface area contributed by atoms with Gasteiger partial charge in [0.15, 0.2) is 0 Å². The minimum Gasteiger partial charge on any atom is -0.466 e. The standard InChI is InChI=1S/C13H21N3O4S/c1-10-2-3-12(20-10)4-6-15-13(17)16-7-5-11(8-16)9-21(14,18)19/h2-3,11H,4-9H2,1H3,(H,15,17)(H2,14,18,19)/t11-/m1/s1. The molecule has 0 unspecified atom stereocenters. The van der Waals surface area contributed by atoms with Gasteiger partial charge in [-0.2, -0.15) is 0 Å². The second-order valence-corrected chi connectivity index (χ2v) is 7.08. The Bertz CT molecular complexity index is 596. The van der Waals surface area contributed by atoms with Gasteiger partial charge in [-0.15, -0.1) is 0 Å². The SMILES string of the molecule is Cc1ccc(CCNC(=O)N2CC[C@@H](CS(N)(=O)=O)C2)o1. The zero-order valence-electron chi connectivity index (χ0n) is 12.0. The summed E-state index contributed by atoms with van der Waals surface area (Å²) in [6, 6.07) is 3.60. The van der Waals surface area contributed by atoms with Crippen LogP contribution in [0.25, 0.3) is 0 Å². The maximum Gasteiger partial charge on any atom is 0.317 e. The van der Waals surface area contributed by atoms with E-state index in [9.17, 15) is 13.2 Å². The summed E-state index contributed by atoms with van der Waals surface area (Å²) in [4.78, 5) is 13.6. The van der Waals surface area contributed by atoms with Crippen LogP contribution in [0.4, 0.5) is 4.79 Å². The van der Waals surface area contributed by atoms with E-state index in [1.54, 1.807) is 4.90 Å². The van der Waals surface area contributed by atoms with Gasteiger partial charge in [0, 0.05) is 26.1 Å². The Morgan fingerprint density at radius 1 is 1.52 bits per heavy atom. The van der Waals surface area contributed by atoms with Gasteiger partial charge in [-0.25, -0.2) is 18.4 Å². The van der Waals surface area contributed by atoms with Crippen molar-refractivity contribution >= 4 is 16.1 Å². The monoisotopic (exact) mass is 315 g/mol. The van der Waals surface area contributed by atoms with Gasteiger partial charge in [0.05, 0.1) is 5.75 Å². The maximum absolute atomic E-state index is 12.0. The summed E-state index contributed by atoms with van der Waals surface area (Å²) < 4.78 is 27.5. The zero-order valence-corrected chi connectivity index (χ0v) is 12.9. The zero-order chi connectivity index (χ0) is 15.5. The van der Waals surface area contributed by atoms with Crippen LogP contribution in [0.1, 0.15) is 17.9 Å². The molecule has 1 aromatic rings. The van der Waals surface area contributed by atoms with E-state index in [2.05, 4.69) is 5.32 Å². The summed E-state index contributed by atoms with van der Waals surface area (Å²) in [7, 11) is -3.48. The molecule has 1 aliphatic rings. The van der Waals surface area contributed by atoms with E-state index in [4.69, 9.17) is 9.56 Å². The van der Waals surface area contributed by atoms with Crippen molar-refractivity contribution in [3.05, 3.63) is 23.7 Å². The van der Waals surface area contributed by atoms with Crippen molar-refractivity contribution in [3.8, 4) is 0 Å². The number of rotatable bonds is 5. The highest BCUT2D eigenvalue weighted by atomic mass is 32.2. The van der Waals surface area contributed by atoms with Crippen LogP contribution in [0.15, 0.2) is 16.5 Å². The molecule has 1 saturated heterocycles. The first-order valence-corrected chi connectivity index (χ1v) is 8.63. The molecular weight excluding hydrogens is 294 g/mol. The number of carbonyl (C=O) groups is 1. The molecule has 1 atom stereocenters. The van der Waals surface area contributed by atoms with Crippen LogP contribution < -0.4 is 10.5 Å². The molecule has 0 saturated carbocycles. The minimum absolute atomic E-state index is 0.0670. The Morgan fingerprint density at radius 3 is 2.90 bits per heavy atom. The number of aryl methyl sites for hydroxylation is 1. The predicted octanol–water partition coefficient (Wildman–Crippen LogP) is 0.451. The number of nitrogens with one attached hydrogen (secondary N) is 1. The third-order valence-electron chi connectivity index (χ3n) is 3.48. The van der Waals surface area contributed by atoms with Crippen LogP contribution in [0, 0.1) is 12.8 Å². The second kappa shape index (κ2) is 6.48. The normalized spacial score (nSPS) is 19.0. The number of urea groups is 1. The summed E-state index contributed by atoms with van der Waals surface area (Å²) in [6.45, 7) is 3.36. The van der Waals surface area contributed by atoms with Gasteiger partial charge in [-0.05, 0) is 31.4 Å². The van der Waals surface area contributed by atoms with Crippen molar-refractivity contribution in [2.75, 3.05) is 25.4 Å². The molecule has 2 heterocycles.